The molecule has 0 aliphatic heterocycles. The Hall–Kier alpha value is -3.60. The lowest BCUT2D eigenvalue weighted by atomic mass is 10.2. The first-order valence-corrected chi connectivity index (χ1v) is 9.37. The second-order valence-corrected chi connectivity index (χ2v) is 7.05. The van der Waals surface area contributed by atoms with E-state index < -0.39 is 6.61 Å². The van der Waals surface area contributed by atoms with Gasteiger partial charge in [-0.05, 0) is 36.4 Å². The summed E-state index contributed by atoms with van der Waals surface area (Å²) in [4.78, 5) is 16.0. The van der Waals surface area contributed by atoms with Crippen molar-refractivity contribution in [1.29, 1.82) is 0 Å². The van der Waals surface area contributed by atoms with Gasteiger partial charge in [0.15, 0.2) is 0 Å². The molecule has 0 N–H and O–H groups in total. The zero-order valence-electron chi connectivity index (χ0n) is 15.1. The van der Waals surface area contributed by atoms with Crippen LogP contribution in [0.2, 0.25) is 0 Å². The van der Waals surface area contributed by atoms with Gasteiger partial charge in [0.25, 0.3) is 5.56 Å². The van der Waals surface area contributed by atoms with Gasteiger partial charge in [0, 0.05) is 29.5 Å². The van der Waals surface area contributed by atoms with Crippen molar-refractivity contribution in [3.05, 3.63) is 75.9 Å². The molecule has 0 saturated carbocycles. The fourth-order valence-corrected chi connectivity index (χ4v) is 3.39. The molecule has 1 aromatic carbocycles. The van der Waals surface area contributed by atoms with Crippen molar-refractivity contribution in [2.24, 2.45) is 0 Å². The van der Waals surface area contributed by atoms with Crippen LogP contribution in [0, 0.1) is 5.82 Å². The van der Waals surface area contributed by atoms with E-state index in [4.69, 9.17) is 0 Å². The van der Waals surface area contributed by atoms with Crippen LogP contribution in [0.4, 0.5) is 13.2 Å². The van der Waals surface area contributed by atoms with E-state index in [2.05, 4.69) is 25.0 Å². The normalized spacial score (nSPS) is 11.1. The van der Waals surface area contributed by atoms with Gasteiger partial charge in [-0.3, -0.25) is 4.79 Å². The summed E-state index contributed by atoms with van der Waals surface area (Å²) in [6, 6.07) is 11.5. The van der Waals surface area contributed by atoms with E-state index in [9.17, 15) is 18.0 Å². The van der Waals surface area contributed by atoms with Gasteiger partial charge in [0.05, 0.1) is 12.2 Å². The number of hydrogen-bond acceptors (Lipinski definition) is 7. The fourth-order valence-electron chi connectivity index (χ4n) is 2.56. The van der Waals surface area contributed by atoms with Gasteiger partial charge in [-0.1, -0.05) is 11.3 Å². The van der Waals surface area contributed by atoms with Crippen molar-refractivity contribution in [3.8, 4) is 27.7 Å². The summed E-state index contributed by atoms with van der Waals surface area (Å²) in [6.45, 7) is -2.87. The molecule has 0 saturated heterocycles. The molecule has 0 bridgehead atoms. The number of benzene rings is 1. The van der Waals surface area contributed by atoms with E-state index in [1.807, 2.05) is 0 Å². The molecule has 3 aromatic heterocycles. The predicted molar refractivity (Wildman–Crippen MR) is 103 cm³/mol. The summed E-state index contributed by atoms with van der Waals surface area (Å²) in [5.74, 6) is -0.566. The molecular weight excluding hydrogens is 419 g/mol. The molecule has 0 spiro atoms. The molecule has 0 radical (unpaired) electrons. The highest BCUT2D eigenvalue weighted by Crippen LogP contribution is 2.24. The van der Waals surface area contributed by atoms with Gasteiger partial charge < -0.3 is 4.74 Å². The molecule has 0 aliphatic rings. The molecule has 0 atom stereocenters. The Morgan fingerprint density at radius 3 is 2.47 bits per heavy atom. The highest BCUT2D eigenvalue weighted by atomic mass is 32.1. The SMILES string of the molecule is O=c1ccc(-c2ccc(OC(F)F)nc2)nn1Cc1nnc(-c2ccc(F)cc2)s1. The minimum absolute atomic E-state index is 0.0888. The highest BCUT2D eigenvalue weighted by molar-refractivity contribution is 7.14. The van der Waals surface area contributed by atoms with Crippen LogP contribution in [0.25, 0.3) is 21.8 Å². The number of halogens is 3. The lowest BCUT2D eigenvalue weighted by Gasteiger charge is -2.06. The first-order chi connectivity index (χ1) is 14.5. The maximum atomic E-state index is 13.1. The van der Waals surface area contributed by atoms with Crippen molar-refractivity contribution in [2.45, 2.75) is 13.2 Å². The minimum atomic E-state index is -2.96. The van der Waals surface area contributed by atoms with E-state index in [1.54, 1.807) is 12.1 Å². The molecule has 4 rings (SSSR count). The van der Waals surface area contributed by atoms with Crippen molar-refractivity contribution >= 4 is 11.3 Å². The third-order valence-corrected chi connectivity index (χ3v) is 4.91. The van der Waals surface area contributed by atoms with Gasteiger partial charge in [0.1, 0.15) is 15.8 Å². The molecule has 4 aromatic rings. The van der Waals surface area contributed by atoms with Gasteiger partial charge >= 0.3 is 6.61 Å². The van der Waals surface area contributed by atoms with Crippen LogP contribution >= 0.6 is 11.3 Å². The summed E-state index contributed by atoms with van der Waals surface area (Å²) < 4.78 is 43.0. The predicted octanol–water partition coefficient (Wildman–Crippen LogP) is 3.61. The second kappa shape index (κ2) is 8.41. The number of alkyl halides is 2. The Labute approximate surface area is 171 Å². The van der Waals surface area contributed by atoms with E-state index in [0.29, 0.717) is 26.8 Å². The van der Waals surface area contributed by atoms with Gasteiger partial charge in [-0.2, -0.15) is 13.9 Å². The molecular formula is C19H12F3N5O2S. The Kier molecular flexibility index (Phi) is 5.53. The van der Waals surface area contributed by atoms with Crippen LogP contribution in [0.3, 0.4) is 0 Å². The third kappa shape index (κ3) is 4.51. The number of rotatable bonds is 6. The number of hydrogen-bond donors (Lipinski definition) is 0. The topological polar surface area (TPSA) is 82.8 Å². The lowest BCUT2D eigenvalue weighted by Crippen LogP contribution is -2.22. The molecule has 30 heavy (non-hydrogen) atoms. The molecule has 0 fully saturated rings. The Morgan fingerprint density at radius 2 is 1.77 bits per heavy atom. The summed E-state index contributed by atoms with van der Waals surface area (Å²) in [6.07, 6.45) is 1.33. The Bertz CT molecular complexity index is 1210. The fraction of sp³-hybridized carbons (Fsp3) is 0.105. The first kappa shape index (κ1) is 19.7. The Balaban J connectivity index is 1.55. The van der Waals surface area contributed by atoms with Crippen molar-refractivity contribution in [3.63, 3.8) is 0 Å². The molecule has 152 valence electrons. The van der Waals surface area contributed by atoms with Crippen molar-refractivity contribution < 1.29 is 17.9 Å². The molecule has 7 nitrogen and oxygen atoms in total. The molecule has 0 unspecified atom stereocenters. The number of aromatic nitrogens is 5. The zero-order chi connectivity index (χ0) is 21.1. The molecule has 11 heteroatoms. The summed E-state index contributed by atoms with van der Waals surface area (Å²) in [5, 5.41) is 13.6. The average Bonchev–Trinajstić information content (AvgIpc) is 3.19. The van der Waals surface area contributed by atoms with Crippen LogP contribution in [0.15, 0.2) is 59.5 Å². The van der Waals surface area contributed by atoms with Crippen LogP contribution in [0.1, 0.15) is 5.01 Å². The van der Waals surface area contributed by atoms with Crippen molar-refractivity contribution in [2.75, 3.05) is 0 Å². The van der Waals surface area contributed by atoms with Crippen molar-refractivity contribution in [1.82, 2.24) is 25.0 Å². The first-order valence-electron chi connectivity index (χ1n) is 8.56. The number of nitrogens with zero attached hydrogens (tertiary/aromatic N) is 5. The summed E-state index contributed by atoms with van der Waals surface area (Å²) >= 11 is 1.26. The van der Waals surface area contributed by atoms with Crippen LogP contribution in [0.5, 0.6) is 5.88 Å². The largest absolute Gasteiger partial charge is 0.417 e. The highest BCUT2D eigenvalue weighted by Gasteiger charge is 2.11. The molecule has 0 amide bonds. The molecule has 0 aliphatic carbocycles. The van der Waals surface area contributed by atoms with E-state index in [0.717, 1.165) is 0 Å². The maximum absolute atomic E-state index is 13.1. The van der Waals surface area contributed by atoms with Crippen LogP contribution in [-0.4, -0.2) is 31.6 Å². The molecule has 3 heterocycles. The number of pyridine rings is 1. The van der Waals surface area contributed by atoms with Crippen LogP contribution < -0.4 is 10.3 Å². The van der Waals surface area contributed by atoms with Crippen LogP contribution in [-0.2, 0) is 6.54 Å². The van der Waals surface area contributed by atoms with Gasteiger partial charge in [0.2, 0.25) is 5.88 Å². The van der Waals surface area contributed by atoms with Gasteiger partial charge in [-0.25, -0.2) is 14.1 Å². The quantitative estimate of drug-likeness (QED) is 0.464. The third-order valence-electron chi connectivity index (χ3n) is 3.95. The average molecular weight is 431 g/mol. The summed E-state index contributed by atoms with van der Waals surface area (Å²) in [7, 11) is 0. The monoisotopic (exact) mass is 431 g/mol. The smallest absolute Gasteiger partial charge is 0.388 e. The van der Waals surface area contributed by atoms with E-state index >= 15 is 0 Å². The standard InChI is InChI=1S/C19H12F3N5O2S/c20-13-4-1-11(2-5-13)18-25-24-16(30-18)10-27-17(28)8-6-14(26-27)12-3-7-15(23-9-12)29-19(21)22/h1-9,19H,10H2. The van der Waals surface area contributed by atoms with E-state index in [-0.39, 0.29) is 23.8 Å². The van der Waals surface area contributed by atoms with E-state index in [1.165, 1.54) is 58.6 Å². The van der Waals surface area contributed by atoms with Gasteiger partial charge in [-0.15, -0.1) is 10.2 Å². The Morgan fingerprint density at radius 1 is 1.00 bits per heavy atom. The minimum Gasteiger partial charge on any atom is -0.417 e. The summed E-state index contributed by atoms with van der Waals surface area (Å²) in [5.41, 5.74) is 1.32. The number of ether oxygens (including phenoxy) is 1. The second-order valence-electron chi connectivity index (χ2n) is 5.99. The zero-order valence-corrected chi connectivity index (χ0v) is 15.9. The lowest BCUT2D eigenvalue weighted by molar-refractivity contribution is -0.0528. The maximum Gasteiger partial charge on any atom is 0.388 e.